The van der Waals surface area contributed by atoms with Gasteiger partial charge in [0, 0.05) is 18.0 Å². The Balaban J connectivity index is 1.49. The molecule has 0 fully saturated rings. The summed E-state index contributed by atoms with van der Waals surface area (Å²) in [5.74, 6) is 2.12. The summed E-state index contributed by atoms with van der Waals surface area (Å²) in [5.41, 5.74) is 1.58. The smallest absolute Gasteiger partial charge is 0.277 e. The van der Waals surface area contributed by atoms with Crippen LogP contribution in [0.1, 0.15) is 23.8 Å². The fourth-order valence-corrected chi connectivity index (χ4v) is 2.90. The van der Waals surface area contributed by atoms with Crippen LogP contribution in [-0.2, 0) is 0 Å². The molecule has 0 aliphatic carbocycles. The van der Waals surface area contributed by atoms with Gasteiger partial charge in [0.1, 0.15) is 5.76 Å². The van der Waals surface area contributed by atoms with E-state index in [9.17, 15) is 0 Å². The summed E-state index contributed by atoms with van der Waals surface area (Å²) >= 11 is 1.35. The van der Waals surface area contributed by atoms with Gasteiger partial charge in [-0.15, -0.1) is 10.2 Å². The Morgan fingerprint density at radius 3 is 2.88 bits per heavy atom. The van der Waals surface area contributed by atoms with E-state index in [0.717, 1.165) is 16.9 Å². The average molecular weight is 355 g/mol. The molecule has 9 heteroatoms. The number of aromatic nitrogens is 5. The molecule has 4 heterocycles. The summed E-state index contributed by atoms with van der Waals surface area (Å²) in [6, 6.07) is 5.48. The van der Waals surface area contributed by atoms with Crippen LogP contribution in [0.25, 0.3) is 22.8 Å². The van der Waals surface area contributed by atoms with Gasteiger partial charge in [0.15, 0.2) is 0 Å². The van der Waals surface area contributed by atoms with Crippen LogP contribution in [0.3, 0.4) is 0 Å². The molecule has 126 valence electrons. The number of pyridine rings is 1. The minimum Gasteiger partial charge on any atom is -0.469 e. The van der Waals surface area contributed by atoms with Gasteiger partial charge in [0.05, 0.1) is 17.1 Å². The van der Waals surface area contributed by atoms with E-state index >= 15 is 0 Å². The van der Waals surface area contributed by atoms with E-state index in [1.807, 2.05) is 26.0 Å². The molecule has 0 radical (unpaired) electrons. The lowest BCUT2D eigenvalue weighted by Gasteiger charge is -2.00. The average Bonchev–Trinajstić information content (AvgIpc) is 3.36. The van der Waals surface area contributed by atoms with Crippen LogP contribution in [0.15, 0.2) is 55.4 Å². The highest BCUT2D eigenvalue weighted by Crippen LogP contribution is 2.35. The molecule has 0 saturated carbocycles. The molecule has 0 unspecified atom stereocenters. The molecule has 4 aromatic heterocycles. The molecule has 4 rings (SSSR count). The summed E-state index contributed by atoms with van der Waals surface area (Å²) in [6.45, 7) is 3.77. The highest BCUT2D eigenvalue weighted by atomic mass is 32.2. The van der Waals surface area contributed by atoms with Gasteiger partial charge in [-0.1, -0.05) is 16.9 Å². The Bertz CT molecular complexity index is 979. The molecule has 0 aliphatic rings. The summed E-state index contributed by atoms with van der Waals surface area (Å²) in [5, 5.41) is 12.4. The zero-order valence-electron chi connectivity index (χ0n) is 13.4. The quantitative estimate of drug-likeness (QED) is 0.492. The van der Waals surface area contributed by atoms with Gasteiger partial charge < -0.3 is 13.4 Å². The number of aryl methyl sites for hydroxylation is 1. The largest absolute Gasteiger partial charge is 0.469 e. The van der Waals surface area contributed by atoms with E-state index in [-0.39, 0.29) is 5.25 Å². The molecule has 0 N–H and O–H groups in total. The van der Waals surface area contributed by atoms with Crippen LogP contribution in [-0.4, -0.2) is 25.3 Å². The topological polar surface area (TPSA) is 104 Å². The predicted octanol–water partition coefficient (Wildman–Crippen LogP) is 3.94. The molecule has 8 nitrogen and oxygen atoms in total. The molecule has 0 aliphatic heterocycles. The molecule has 0 aromatic carbocycles. The first-order valence-corrected chi connectivity index (χ1v) is 8.37. The lowest BCUT2D eigenvalue weighted by atomic mass is 10.3. The maximum Gasteiger partial charge on any atom is 0.277 e. The molecule has 4 aromatic rings. The van der Waals surface area contributed by atoms with E-state index in [1.165, 1.54) is 11.8 Å². The highest BCUT2D eigenvalue weighted by molar-refractivity contribution is 7.99. The molecular formula is C16H13N5O3S. The molecule has 0 amide bonds. The van der Waals surface area contributed by atoms with Crippen molar-refractivity contribution in [2.75, 3.05) is 0 Å². The van der Waals surface area contributed by atoms with Crippen LogP contribution in [0.2, 0.25) is 0 Å². The summed E-state index contributed by atoms with van der Waals surface area (Å²) in [6.07, 6.45) is 4.96. The Kier molecular flexibility index (Phi) is 4.06. The number of nitrogens with zero attached hydrogens (tertiary/aromatic N) is 5. The summed E-state index contributed by atoms with van der Waals surface area (Å²) in [4.78, 5) is 8.45. The number of thioether (sulfide) groups is 1. The van der Waals surface area contributed by atoms with Gasteiger partial charge in [-0.3, -0.25) is 4.98 Å². The maximum atomic E-state index is 5.67. The Hall–Kier alpha value is -2.94. The van der Waals surface area contributed by atoms with Gasteiger partial charge >= 0.3 is 0 Å². The first kappa shape index (κ1) is 15.6. The molecule has 0 saturated heterocycles. The van der Waals surface area contributed by atoms with Crippen molar-refractivity contribution < 1.29 is 13.4 Å². The zero-order valence-corrected chi connectivity index (χ0v) is 14.2. The van der Waals surface area contributed by atoms with Crippen molar-refractivity contribution in [3.8, 4) is 22.8 Å². The van der Waals surface area contributed by atoms with Gasteiger partial charge in [-0.25, -0.2) is 0 Å². The van der Waals surface area contributed by atoms with Gasteiger partial charge in [-0.2, -0.15) is 4.98 Å². The highest BCUT2D eigenvalue weighted by Gasteiger charge is 2.20. The van der Waals surface area contributed by atoms with Crippen LogP contribution in [0.4, 0.5) is 0 Å². The third-order valence-electron chi connectivity index (χ3n) is 3.48. The van der Waals surface area contributed by atoms with Crippen molar-refractivity contribution in [1.29, 1.82) is 0 Å². The van der Waals surface area contributed by atoms with Crippen LogP contribution >= 0.6 is 11.8 Å². The Morgan fingerprint density at radius 2 is 2.12 bits per heavy atom. The number of rotatable bonds is 5. The number of furan rings is 1. The summed E-state index contributed by atoms with van der Waals surface area (Å²) in [7, 11) is 0. The molecule has 1 atom stereocenters. The van der Waals surface area contributed by atoms with E-state index in [1.54, 1.807) is 24.7 Å². The Morgan fingerprint density at radius 1 is 1.20 bits per heavy atom. The van der Waals surface area contributed by atoms with E-state index in [2.05, 4.69) is 25.3 Å². The lowest BCUT2D eigenvalue weighted by Crippen LogP contribution is -1.89. The molecule has 0 bridgehead atoms. The van der Waals surface area contributed by atoms with Crippen molar-refractivity contribution in [2.45, 2.75) is 24.3 Å². The third-order valence-corrected chi connectivity index (χ3v) is 4.40. The van der Waals surface area contributed by atoms with Crippen molar-refractivity contribution in [3.63, 3.8) is 0 Å². The first-order chi connectivity index (χ1) is 12.2. The number of hydrogen-bond acceptors (Lipinski definition) is 9. The lowest BCUT2D eigenvalue weighted by molar-refractivity contribution is 0.379. The Labute approximate surface area is 146 Å². The van der Waals surface area contributed by atoms with E-state index in [0.29, 0.717) is 22.8 Å². The zero-order chi connectivity index (χ0) is 17.2. The third kappa shape index (κ3) is 3.18. The first-order valence-electron chi connectivity index (χ1n) is 7.49. The standard InChI is InChI=1S/C16H13N5O3S/c1-9-12(5-7-22-9)15-19-20-16(23-15)25-10(2)14-18-13(21-24-14)11-4-3-6-17-8-11/h3-8,10H,1-2H3/t10-/m0/s1. The fraction of sp³-hybridized carbons (Fsp3) is 0.188. The fourth-order valence-electron chi connectivity index (χ4n) is 2.19. The van der Waals surface area contributed by atoms with Crippen molar-refractivity contribution in [1.82, 2.24) is 25.3 Å². The van der Waals surface area contributed by atoms with E-state index < -0.39 is 0 Å². The van der Waals surface area contributed by atoms with Crippen molar-refractivity contribution in [2.24, 2.45) is 0 Å². The van der Waals surface area contributed by atoms with Crippen LogP contribution < -0.4 is 0 Å². The predicted molar refractivity (Wildman–Crippen MR) is 88.5 cm³/mol. The van der Waals surface area contributed by atoms with Crippen molar-refractivity contribution in [3.05, 3.63) is 48.5 Å². The normalized spacial score (nSPS) is 12.4. The maximum absolute atomic E-state index is 5.67. The second-order valence-electron chi connectivity index (χ2n) is 5.22. The van der Waals surface area contributed by atoms with Gasteiger partial charge in [0.2, 0.25) is 11.7 Å². The van der Waals surface area contributed by atoms with Crippen LogP contribution in [0.5, 0.6) is 0 Å². The van der Waals surface area contributed by atoms with Crippen molar-refractivity contribution >= 4 is 11.8 Å². The minimum absolute atomic E-state index is 0.142. The second kappa shape index (κ2) is 6.52. The molecule has 0 spiro atoms. The van der Waals surface area contributed by atoms with E-state index in [4.69, 9.17) is 13.4 Å². The number of hydrogen-bond donors (Lipinski definition) is 0. The van der Waals surface area contributed by atoms with Gasteiger partial charge in [0.25, 0.3) is 11.1 Å². The monoisotopic (exact) mass is 355 g/mol. The van der Waals surface area contributed by atoms with Crippen LogP contribution in [0, 0.1) is 6.92 Å². The van der Waals surface area contributed by atoms with Gasteiger partial charge in [-0.05, 0) is 32.0 Å². The SMILES string of the molecule is Cc1occc1-c1nnc(S[C@@H](C)c2nc(-c3cccnc3)no2)o1. The molecular weight excluding hydrogens is 342 g/mol. The molecule has 25 heavy (non-hydrogen) atoms. The summed E-state index contributed by atoms with van der Waals surface area (Å²) < 4.78 is 16.3. The minimum atomic E-state index is -0.142. The second-order valence-corrected chi connectivity index (χ2v) is 6.51.